The van der Waals surface area contributed by atoms with Crippen molar-refractivity contribution in [2.45, 2.75) is 31.7 Å². The summed E-state index contributed by atoms with van der Waals surface area (Å²) in [6.45, 7) is 2.96. The Morgan fingerprint density at radius 2 is 2.09 bits per heavy atom. The lowest BCUT2D eigenvalue weighted by atomic mass is 9.95. The molecule has 1 aliphatic carbocycles. The molecule has 1 aliphatic rings. The maximum atomic E-state index is 12.2. The van der Waals surface area contributed by atoms with E-state index in [-0.39, 0.29) is 11.4 Å². The summed E-state index contributed by atoms with van der Waals surface area (Å²) in [5, 5.41) is 6.68. The molecule has 1 heterocycles. The molecule has 5 nitrogen and oxygen atoms in total. The number of hydrogen-bond acceptors (Lipinski definition) is 3. The van der Waals surface area contributed by atoms with Crippen molar-refractivity contribution >= 4 is 6.03 Å². The van der Waals surface area contributed by atoms with E-state index in [9.17, 15) is 4.79 Å². The minimum absolute atomic E-state index is 0.0868. The van der Waals surface area contributed by atoms with Gasteiger partial charge in [-0.2, -0.15) is 0 Å². The quantitative estimate of drug-likeness (QED) is 0.923. The Morgan fingerprint density at radius 3 is 2.68 bits per heavy atom. The molecular weight excluding hydrogens is 278 g/mol. The summed E-state index contributed by atoms with van der Waals surface area (Å²) in [7, 11) is 1.84. The zero-order valence-corrected chi connectivity index (χ0v) is 13.0. The van der Waals surface area contributed by atoms with Gasteiger partial charge in [0.25, 0.3) is 0 Å². The highest BCUT2D eigenvalue weighted by atomic mass is 16.5. The SMILES string of the molecule is Cc1cc(CNC(=O)N(C)CC2(c3ccccc3)CC2)on1. The van der Waals surface area contributed by atoms with Crippen LogP contribution in [0.1, 0.15) is 29.9 Å². The van der Waals surface area contributed by atoms with Gasteiger partial charge < -0.3 is 14.7 Å². The predicted molar refractivity (Wildman–Crippen MR) is 83.5 cm³/mol. The van der Waals surface area contributed by atoms with Crippen molar-refractivity contribution in [1.29, 1.82) is 0 Å². The fourth-order valence-electron chi connectivity index (χ4n) is 2.80. The molecule has 1 fully saturated rings. The first-order chi connectivity index (χ1) is 10.6. The summed E-state index contributed by atoms with van der Waals surface area (Å²) in [5.74, 6) is 0.670. The third-order valence-corrected chi connectivity index (χ3v) is 4.22. The third kappa shape index (κ3) is 3.13. The van der Waals surface area contributed by atoms with Crippen LogP contribution in [0.2, 0.25) is 0 Å². The number of aryl methyl sites for hydroxylation is 1. The average molecular weight is 299 g/mol. The minimum Gasteiger partial charge on any atom is -0.359 e. The molecule has 0 unspecified atom stereocenters. The molecule has 1 saturated carbocycles. The van der Waals surface area contributed by atoms with E-state index in [4.69, 9.17) is 4.52 Å². The molecule has 0 atom stereocenters. The van der Waals surface area contributed by atoms with Crippen LogP contribution in [0.25, 0.3) is 0 Å². The standard InChI is InChI=1S/C17H21N3O2/c1-13-10-15(22-19-13)11-18-16(21)20(2)12-17(8-9-17)14-6-4-3-5-7-14/h3-7,10H,8-9,11-12H2,1-2H3,(H,18,21). The molecule has 2 amide bonds. The molecule has 116 valence electrons. The highest BCUT2D eigenvalue weighted by Crippen LogP contribution is 2.48. The van der Waals surface area contributed by atoms with Gasteiger partial charge in [0.2, 0.25) is 0 Å². The normalized spacial score (nSPS) is 15.4. The van der Waals surface area contributed by atoms with Gasteiger partial charge in [0.15, 0.2) is 5.76 Å². The van der Waals surface area contributed by atoms with Crippen molar-refractivity contribution in [3.05, 3.63) is 53.4 Å². The Bertz CT molecular complexity index is 647. The number of carbonyl (C=O) groups is 1. The van der Waals surface area contributed by atoms with Crippen molar-refractivity contribution in [1.82, 2.24) is 15.4 Å². The van der Waals surface area contributed by atoms with Gasteiger partial charge in [-0.1, -0.05) is 35.5 Å². The lowest BCUT2D eigenvalue weighted by molar-refractivity contribution is 0.202. The molecule has 0 saturated heterocycles. The van der Waals surface area contributed by atoms with Crippen molar-refractivity contribution in [3.8, 4) is 0 Å². The molecule has 0 radical (unpaired) electrons. The molecule has 0 bridgehead atoms. The van der Waals surface area contributed by atoms with Crippen molar-refractivity contribution in [3.63, 3.8) is 0 Å². The maximum Gasteiger partial charge on any atom is 0.317 e. The van der Waals surface area contributed by atoms with Crippen LogP contribution in [0.3, 0.4) is 0 Å². The second kappa shape index (κ2) is 5.83. The second-order valence-electron chi connectivity index (χ2n) is 6.10. The van der Waals surface area contributed by atoms with Gasteiger partial charge >= 0.3 is 6.03 Å². The van der Waals surface area contributed by atoms with Crippen LogP contribution in [0.4, 0.5) is 4.79 Å². The van der Waals surface area contributed by atoms with Gasteiger partial charge in [-0.05, 0) is 25.3 Å². The Kier molecular flexibility index (Phi) is 3.88. The van der Waals surface area contributed by atoms with Gasteiger partial charge in [-0.3, -0.25) is 0 Å². The first-order valence-corrected chi connectivity index (χ1v) is 7.56. The largest absolute Gasteiger partial charge is 0.359 e. The molecule has 3 rings (SSSR count). The minimum atomic E-state index is -0.0868. The number of urea groups is 1. The molecule has 1 aromatic carbocycles. The highest BCUT2D eigenvalue weighted by molar-refractivity contribution is 5.74. The number of rotatable bonds is 5. The Labute approximate surface area is 130 Å². The van der Waals surface area contributed by atoms with Crippen LogP contribution in [0.5, 0.6) is 0 Å². The van der Waals surface area contributed by atoms with Crippen LogP contribution in [-0.2, 0) is 12.0 Å². The van der Waals surface area contributed by atoms with E-state index >= 15 is 0 Å². The van der Waals surface area contributed by atoms with E-state index in [0.29, 0.717) is 12.3 Å². The fraction of sp³-hybridized carbons (Fsp3) is 0.412. The lowest BCUT2D eigenvalue weighted by Crippen LogP contribution is -2.41. The smallest absolute Gasteiger partial charge is 0.317 e. The monoisotopic (exact) mass is 299 g/mol. The number of benzene rings is 1. The van der Waals surface area contributed by atoms with E-state index in [2.05, 4.69) is 34.7 Å². The van der Waals surface area contributed by atoms with Gasteiger partial charge in [0, 0.05) is 25.1 Å². The summed E-state index contributed by atoms with van der Waals surface area (Å²) in [4.78, 5) is 14.0. The number of hydrogen-bond donors (Lipinski definition) is 1. The Morgan fingerprint density at radius 1 is 1.36 bits per heavy atom. The molecule has 0 spiro atoms. The molecule has 1 aromatic heterocycles. The number of likely N-dealkylation sites (N-methyl/N-ethyl adjacent to an activating group) is 1. The predicted octanol–water partition coefficient (Wildman–Crippen LogP) is 2.86. The zero-order valence-electron chi connectivity index (χ0n) is 13.0. The van der Waals surface area contributed by atoms with Crippen LogP contribution < -0.4 is 5.32 Å². The van der Waals surface area contributed by atoms with Gasteiger partial charge in [0.05, 0.1) is 12.2 Å². The number of amides is 2. The summed E-state index contributed by atoms with van der Waals surface area (Å²) in [6, 6.07) is 12.2. The first kappa shape index (κ1) is 14.6. The lowest BCUT2D eigenvalue weighted by Gasteiger charge is -2.24. The number of nitrogens with zero attached hydrogens (tertiary/aromatic N) is 2. The third-order valence-electron chi connectivity index (χ3n) is 4.22. The number of nitrogens with one attached hydrogen (secondary N) is 1. The van der Waals surface area contributed by atoms with Crippen LogP contribution >= 0.6 is 0 Å². The van der Waals surface area contributed by atoms with E-state index in [0.717, 1.165) is 25.1 Å². The van der Waals surface area contributed by atoms with Crippen molar-refractivity contribution in [2.75, 3.05) is 13.6 Å². The molecule has 1 N–H and O–H groups in total. The summed E-state index contributed by atoms with van der Waals surface area (Å²) in [6.07, 6.45) is 2.27. The van der Waals surface area contributed by atoms with E-state index in [1.165, 1.54) is 5.56 Å². The fourth-order valence-corrected chi connectivity index (χ4v) is 2.80. The Balaban J connectivity index is 1.55. The van der Waals surface area contributed by atoms with Crippen molar-refractivity contribution < 1.29 is 9.32 Å². The van der Waals surface area contributed by atoms with Crippen molar-refractivity contribution in [2.24, 2.45) is 0 Å². The zero-order chi connectivity index (χ0) is 15.6. The van der Waals surface area contributed by atoms with Gasteiger partial charge in [-0.15, -0.1) is 0 Å². The maximum absolute atomic E-state index is 12.2. The molecule has 2 aromatic rings. The van der Waals surface area contributed by atoms with E-state index < -0.39 is 0 Å². The van der Waals surface area contributed by atoms with Gasteiger partial charge in [-0.25, -0.2) is 4.79 Å². The van der Waals surface area contributed by atoms with Gasteiger partial charge in [0.1, 0.15) is 0 Å². The van der Waals surface area contributed by atoms with Crippen LogP contribution in [0.15, 0.2) is 40.9 Å². The van der Waals surface area contributed by atoms with E-state index in [1.54, 1.807) is 4.90 Å². The van der Waals surface area contributed by atoms with E-state index in [1.807, 2.05) is 26.1 Å². The molecule has 22 heavy (non-hydrogen) atoms. The Hall–Kier alpha value is -2.30. The molecule has 0 aliphatic heterocycles. The summed E-state index contributed by atoms with van der Waals surface area (Å²) in [5.41, 5.74) is 2.27. The number of aromatic nitrogens is 1. The molecule has 5 heteroatoms. The highest BCUT2D eigenvalue weighted by Gasteiger charge is 2.45. The summed E-state index contributed by atoms with van der Waals surface area (Å²) < 4.78 is 5.09. The molecular formula is C17H21N3O2. The topological polar surface area (TPSA) is 58.4 Å². The average Bonchev–Trinajstić information content (AvgIpc) is 3.19. The summed E-state index contributed by atoms with van der Waals surface area (Å²) >= 11 is 0. The first-order valence-electron chi connectivity index (χ1n) is 7.56. The van der Waals surface area contributed by atoms with Crippen LogP contribution in [0, 0.1) is 6.92 Å². The second-order valence-corrected chi connectivity index (χ2v) is 6.10. The number of carbonyl (C=O) groups excluding carboxylic acids is 1. The van der Waals surface area contributed by atoms with Crippen LogP contribution in [-0.4, -0.2) is 29.7 Å².